The predicted octanol–water partition coefficient (Wildman–Crippen LogP) is 3.76. The van der Waals surface area contributed by atoms with Crippen molar-refractivity contribution in [2.45, 2.75) is 43.0 Å². The molecule has 0 saturated carbocycles. The zero-order valence-corrected chi connectivity index (χ0v) is 12.7. The Hall–Kier alpha value is -0.670. The van der Waals surface area contributed by atoms with Gasteiger partial charge in [0.05, 0.1) is 12.0 Å². The lowest BCUT2D eigenvalue weighted by molar-refractivity contribution is 0.139. The van der Waals surface area contributed by atoms with Crippen molar-refractivity contribution in [3.8, 4) is 5.75 Å². The van der Waals surface area contributed by atoms with E-state index in [1.807, 2.05) is 11.8 Å². The molecule has 0 aromatic heterocycles. The number of rotatable bonds is 3. The molecule has 2 aliphatic heterocycles. The lowest BCUT2D eigenvalue weighted by Gasteiger charge is -2.44. The van der Waals surface area contributed by atoms with Crippen molar-refractivity contribution in [1.82, 2.24) is 4.90 Å². The first kappa shape index (κ1) is 13.3. The van der Waals surface area contributed by atoms with E-state index in [1.54, 1.807) is 7.11 Å². The average molecular weight is 277 g/mol. The highest BCUT2D eigenvalue weighted by Gasteiger charge is 2.37. The Morgan fingerprint density at radius 2 is 2.32 bits per heavy atom. The van der Waals surface area contributed by atoms with Gasteiger partial charge in [-0.15, -0.1) is 11.8 Å². The standard InChI is InChI=1S/C16H23NOS/c1-3-9-17-10-5-7-12-13-6-4-8-15(18-2)16(13)19-11-14(12)17/h4,6,8,12,14H,3,5,7,9-11H2,1-2H3/t12-,14-/m1/s1. The third kappa shape index (κ3) is 2.38. The van der Waals surface area contributed by atoms with Crippen molar-refractivity contribution in [3.63, 3.8) is 0 Å². The van der Waals surface area contributed by atoms with Gasteiger partial charge in [0.15, 0.2) is 0 Å². The van der Waals surface area contributed by atoms with Crippen LogP contribution in [0.1, 0.15) is 37.7 Å². The van der Waals surface area contributed by atoms with E-state index < -0.39 is 0 Å². The molecule has 0 radical (unpaired) electrons. The van der Waals surface area contributed by atoms with E-state index in [9.17, 15) is 0 Å². The van der Waals surface area contributed by atoms with Crippen molar-refractivity contribution < 1.29 is 4.74 Å². The van der Waals surface area contributed by atoms with Crippen molar-refractivity contribution in [2.75, 3.05) is 26.0 Å². The number of ether oxygens (including phenoxy) is 1. The third-order valence-corrected chi connectivity index (χ3v) is 5.67. The van der Waals surface area contributed by atoms with Crippen LogP contribution < -0.4 is 4.74 Å². The molecule has 1 saturated heterocycles. The zero-order chi connectivity index (χ0) is 13.2. The highest BCUT2D eigenvalue weighted by Crippen LogP contribution is 2.47. The second kappa shape index (κ2) is 5.76. The fourth-order valence-electron chi connectivity index (χ4n) is 3.58. The van der Waals surface area contributed by atoms with Gasteiger partial charge < -0.3 is 4.74 Å². The molecule has 19 heavy (non-hydrogen) atoms. The summed E-state index contributed by atoms with van der Waals surface area (Å²) in [5.74, 6) is 3.00. The van der Waals surface area contributed by atoms with Crippen LogP contribution in [0.15, 0.2) is 23.1 Å². The first-order valence-corrected chi connectivity index (χ1v) is 8.37. The van der Waals surface area contributed by atoms with Crippen LogP contribution in [0.2, 0.25) is 0 Å². The Bertz CT molecular complexity index is 446. The van der Waals surface area contributed by atoms with Gasteiger partial charge in [-0.1, -0.05) is 19.1 Å². The number of hydrogen-bond donors (Lipinski definition) is 0. The third-order valence-electron chi connectivity index (χ3n) is 4.43. The summed E-state index contributed by atoms with van der Waals surface area (Å²) in [4.78, 5) is 4.11. The van der Waals surface area contributed by atoms with Gasteiger partial charge in [0, 0.05) is 17.7 Å². The minimum atomic E-state index is 0.714. The second-order valence-corrected chi connectivity index (χ2v) is 6.57. The Balaban J connectivity index is 1.92. The Morgan fingerprint density at radius 3 is 3.11 bits per heavy atom. The average Bonchev–Trinajstić information content (AvgIpc) is 2.47. The van der Waals surface area contributed by atoms with Gasteiger partial charge in [0.1, 0.15) is 5.75 Å². The number of nitrogens with zero attached hydrogens (tertiary/aromatic N) is 1. The first-order valence-electron chi connectivity index (χ1n) is 7.39. The Labute approximate surface area is 120 Å². The van der Waals surface area contributed by atoms with Gasteiger partial charge in [0.2, 0.25) is 0 Å². The Kier molecular flexibility index (Phi) is 4.04. The van der Waals surface area contributed by atoms with Crippen LogP contribution in [0.3, 0.4) is 0 Å². The molecule has 1 aromatic carbocycles. The minimum absolute atomic E-state index is 0.714. The van der Waals surface area contributed by atoms with Gasteiger partial charge in [-0.25, -0.2) is 0 Å². The van der Waals surface area contributed by atoms with Crippen LogP contribution in [0, 0.1) is 0 Å². The maximum Gasteiger partial charge on any atom is 0.132 e. The number of likely N-dealkylation sites (tertiary alicyclic amines) is 1. The zero-order valence-electron chi connectivity index (χ0n) is 11.9. The van der Waals surface area contributed by atoms with E-state index in [2.05, 4.69) is 30.0 Å². The van der Waals surface area contributed by atoms with Crippen molar-refractivity contribution in [2.24, 2.45) is 0 Å². The van der Waals surface area contributed by atoms with Gasteiger partial charge in [-0.05, 0) is 44.0 Å². The number of thioether (sulfide) groups is 1. The molecule has 2 aliphatic rings. The molecule has 3 heteroatoms. The molecular formula is C16H23NOS. The van der Waals surface area contributed by atoms with Crippen LogP contribution in [0.25, 0.3) is 0 Å². The van der Waals surface area contributed by atoms with E-state index in [1.165, 1.54) is 48.6 Å². The summed E-state index contributed by atoms with van der Waals surface area (Å²) in [5.41, 5.74) is 1.53. The van der Waals surface area contributed by atoms with Gasteiger partial charge in [-0.2, -0.15) is 0 Å². The molecule has 104 valence electrons. The molecule has 0 bridgehead atoms. The maximum atomic E-state index is 5.53. The maximum absolute atomic E-state index is 5.53. The fraction of sp³-hybridized carbons (Fsp3) is 0.625. The molecule has 2 atom stereocenters. The van der Waals surface area contributed by atoms with E-state index in [0.717, 1.165) is 11.8 Å². The molecule has 0 unspecified atom stereocenters. The second-order valence-electron chi connectivity index (χ2n) is 5.54. The lowest BCUT2D eigenvalue weighted by atomic mass is 9.83. The minimum Gasteiger partial charge on any atom is -0.496 e. The summed E-state index contributed by atoms with van der Waals surface area (Å²) >= 11 is 1.99. The van der Waals surface area contributed by atoms with Crippen molar-refractivity contribution >= 4 is 11.8 Å². The van der Waals surface area contributed by atoms with Crippen LogP contribution in [-0.4, -0.2) is 36.9 Å². The molecule has 0 amide bonds. The van der Waals surface area contributed by atoms with Crippen LogP contribution >= 0.6 is 11.8 Å². The number of methoxy groups -OCH3 is 1. The SMILES string of the molecule is CCCN1CCC[C@@H]2c3cccc(OC)c3SC[C@H]21. The van der Waals surface area contributed by atoms with Gasteiger partial charge in [-0.3, -0.25) is 4.90 Å². The largest absolute Gasteiger partial charge is 0.496 e. The Morgan fingerprint density at radius 1 is 1.42 bits per heavy atom. The highest BCUT2D eigenvalue weighted by atomic mass is 32.2. The van der Waals surface area contributed by atoms with E-state index in [-0.39, 0.29) is 0 Å². The van der Waals surface area contributed by atoms with Crippen molar-refractivity contribution in [1.29, 1.82) is 0 Å². The molecular weight excluding hydrogens is 254 g/mol. The van der Waals surface area contributed by atoms with Gasteiger partial charge >= 0.3 is 0 Å². The molecule has 0 spiro atoms. The summed E-state index contributed by atoms with van der Waals surface area (Å²) in [7, 11) is 1.78. The first-order chi connectivity index (χ1) is 9.35. The van der Waals surface area contributed by atoms with E-state index in [4.69, 9.17) is 4.74 Å². The van der Waals surface area contributed by atoms with E-state index in [0.29, 0.717) is 5.92 Å². The molecule has 3 rings (SSSR count). The summed E-state index contributed by atoms with van der Waals surface area (Å²) in [6.45, 7) is 4.83. The molecule has 1 fully saturated rings. The highest BCUT2D eigenvalue weighted by molar-refractivity contribution is 7.99. The fourth-order valence-corrected chi connectivity index (χ4v) is 5.05. The smallest absolute Gasteiger partial charge is 0.132 e. The number of fused-ring (bicyclic) bond motifs is 3. The van der Waals surface area contributed by atoms with Gasteiger partial charge in [0.25, 0.3) is 0 Å². The predicted molar refractivity (Wildman–Crippen MR) is 81.3 cm³/mol. The summed E-state index contributed by atoms with van der Waals surface area (Å²) in [5, 5.41) is 0. The molecule has 0 N–H and O–H groups in total. The van der Waals surface area contributed by atoms with Crippen LogP contribution in [0.4, 0.5) is 0 Å². The summed E-state index contributed by atoms with van der Waals surface area (Å²) < 4.78 is 5.53. The number of benzene rings is 1. The topological polar surface area (TPSA) is 12.5 Å². The monoisotopic (exact) mass is 277 g/mol. The molecule has 0 aliphatic carbocycles. The number of piperidine rings is 1. The summed E-state index contributed by atoms with van der Waals surface area (Å²) in [6.07, 6.45) is 3.94. The van der Waals surface area contributed by atoms with E-state index >= 15 is 0 Å². The molecule has 1 aromatic rings. The van der Waals surface area contributed by atoms with Crippen LogP contribution in [-0.2, 0) is 0 Å². The number of hydrogen-bond acceptors (Lipinski definition) is 3. The quantitative estimate of drug-likeness (QED) is 0.834. The summed E-state index contributed by atoms with van der Waals surface area (Å²) in [6, 6.07) is 7.30. The van der Waals surface area contributed by atoms with Crippen molar-refractivity contribution in [3.05, 3.63) is 23.8 Å². The normalized spacial score (nSPS) is 26.6. The lowest BCUT2D eigenvalue weighted by Crippen LogP contribution is -2.47. The molecule has 2 nitrogen and oxygen atoms in total. The van der Waals surface area contributed by atoms with Crippen LogP contribution in [0.5, 0.6) is 5.75 Å². The molecule has 2 heterocycles.